The first-order valence-corrected chi connectivity index (χ1v) is 7.70. The summed E-state index contributed by atoms with van der Waals surface area (Å²) in [5.74, 6) is 0.936. The molecule has 0 atom stereocenters. The molecule has 0 aliphatic rings. The molecule has 0 unspecified atom stereocenters. The van der Waals surface area contributed by atoms with E-state index in [0.29, 0.717) is 6.54 Å². The molecule has 1 N–H and O–H groups in total. The SMILES string of the molecule is CCc1nc2cnc3cc(Br)cnc3c2n1CC(C)(C)O. The first-order valence-electron chi connectivity index (χ1n) is 6.91. The van der Waals surface area contributed by atoms with Crippen LogP contribution in [-0.4, -0.2) is 30.2 Å². The van der Waals surface area contributed by atoms with Crippen molar-refractivity contribution in [3.8, 4) is 0 Å². The highest BCUT2D eigenvalue weighted by Gasteiger charge is 2.20. The molecule has 0 saturated heterocycles. The Morgan fingerprint density at radius 2 is 2.00 bits per heavy atom. The molecule has 21 heavy (non-hydrogen) atoms. The highest BCUT2D eigenvalue weighted by atomic mass is 79.9. The van der Waals surface area contributed by atoms with Gasteiger partial charge in [0.15, 0.2) is 0 Å². The van der Waals surface area contributed by atoms with Crippen LogP contribution in [-0.2, 0) is 13.0 Å². The molecule has 3 rings (SSSR count). The van der Waals surface area contributed by atoms with E-state index in [-0.39, 0.29) is 0 Å². The fraction of sp³-hybridized carbons (Fsp3) is 0.400. The third-order valence-electron chi connectivity index (χ3n) is 3.32. The van der Waals surface area contributed by atoms with Crippen molar-refractivity contribution in [3.05, 3.63) is 28.8 Å². The number of nitrogens with zero attached hydrogens (tertiary/aromatic N) is 4. The molecule has 0 saturated carbocycles. The molecule has 0 amide bonds. The van der Waals surface area contributed by atoms with Crippen molar-refractivity contribution in [2.75, 3.05) is 0 Å². The van der Waals surface area contributed by atoms with Crippen molar-refractivity contribution in [2.24, 2.45) is 0 Å². The summed E-state index contributed by atoms with van der Waals surface area (Å²) in [6.07, 6.45) is 4.32. The molecule has 0 aliphatic heterocycles. The van der Waals surface area contributed by atoms with E-state index >= 15 is 0 Å². The van der Waals surface area contributed by atoms with Gasteiger partial charge in [-0.2, -0.15) is 0 Å². The second-order valence-corrected chi connectivity index (χ2v) is 6.71. The Balaban J connectivity index is 2.36. The zero-order valence-corrected chi connectivity index (χ0v) is 13.8. The van der Waals surface area contributed by atoms with E-state index in [9.17, 15) is 5.11 Å². The maximum Gasteiger partial charge on any atom is 0.115 e. The van der Waals surface area contributed by atoms with Crippen LogP contribution in [0.25, 0.3) is 22.1 Å². The normalized spacial score (nSPS) is 12.4. The molecule has 3 aromatic heterocycles. The summed E-state index contributed by atoms with van der Waals surface area (Å²) < 4.78 is 2.95. The average molecular weight is 349 g/mol. The lowest BCUT2D eigenvalue weighted by atomic mass is 10.1. The Morgan fingerprint density at radius 1 is 1.24 bits per heavy atom. The quantitative estimate of drug-likeness (QED) is 0.789. The fourth-order valence-corrected chi connectivity index (χ4v) is 2.85. The van der Waals surface area contributed by atoms with Gasteiger partial charge in [0.2, 0.25) is 0 Å². The largest absolute Gasteiger partial charge is 0.389 e. The van der Waals surface area contributed by atoms with Gasteiger partial charge in [-0.15, -0.1) is 0 Å². The summed E-state index contributed by atoms with van der Waals surface area (Å²) in [6.45, 7) is 6.13. The van der Waals surface area contributed by atoms with Crippen LogP contribution in [0.1, 0.15) is 26.6 Å². The van der Waals surface area contributed by atoms with Gasteiger partial charge < -0.3 is 9.67 Å². The van der Waals surface area contributed by atoms with Crippen LogP contribution in [0.2, 0.25) is 0 Å². The highest BCUT2D eigenvalue weighted by molar-refractivity contribution is 9.10. The number of hydrogen-bond acceptors (Lipinski definition) is 4. The van der Waals surface area contributed by atoms with Crippen LogP contribution >= 0.6 is 15.9 Å². The van der Waals surface area contributed by atoms with Gasteiger partial charge in [-0.05, 0) is 35.8 Å². The van der Waals surface area contributed by atoms with Crippen LogP contribution < -0.4 is 0 Å². The predicted octanol–water partition coefficient (Wildman–Crippen LogP) is 3.08. The Bertz CT molecular complexity index is 820. The zero-order chi connectivity index (χ0) is 15.2. The van der Waals surface area contributed by atoms with Gasteiger partial charge in [0.05, 0.1) is 29.4 Å². The number of fused-ring (bicyclic) bond motifs is 3. The van der Waals surface area contributed by atoms with Crippen molar-refractivity contribution >= 4 is 38.0 Å². The van der Waals surface area contributed by atoms with E-state index in [0.717, 1.165) is 38.8 Å². The van der Waals surface area contributed by atoms with Crippen molar-refractivity contribution in [3.63, 3.8) is 0 Å². The molecule has 5 nitrogen and oxygen atoms in total. The summed E-state index contributed by atoms with van der Waals surface area (Å²) in [6, 6.07) is 1.94. The topological polar surface area (TPSA) is 63.8 Å². The van der Waals surface area contributed by atoms with Crippen molar-refractivity contribution in [1.29, 1.82) is 0 Å². The molecule has 3 aromatic rings. The number of aromatic nitrogens is 4. The van der Waals surface area contributed by atoms with E-state index in [1.165, 1.54) is 0 Å². The lowest BCUT2D eigenvalue weighted by Gasteiger charge is -2.20. The lowest BCUT2D eigenvalue weighted by molar-refractivity contribution is 0.0619. The van der Waals surface area contributed by atoms with Gasteiger partial charge >= 0.3 is 0 Å². The number of hydrogen-bond donors (Lipinski definition) is 1. The molecular weight excluding hydrogens is 332 g/mol. The number of rotatable bonds is 3. The third kappa shape index (κ3) is 2.65. The molecule has 110 valence electrons. The highest BCUT2D eigenvalue weighted by Crippen LogP contribution is 2.26. The van der Waals surface area contributed by atoms with Crippen LogP contribution in [0.15, 0.2) is 22.9 Å². The van der Waals surface area contributed by atoms with Gasteiger partial charge in [0, 0.05) is 17.1 Å². The first-order chi connectivity index (χ1) is 9.89. The summed E-state index contributed by atoms with van der Waals surface area (Å²) >= 11 is 3.42. The van der Waals surface area contributed by atoms with Gasteiger partial charge in [-0.1, -0.05) is 6.92 Å². The maximum absolute atomic E-state index is 10.2. The monoisotopic (exact) mass is 348 g/mol. The predicted molar refractivity (Wildman–Crippen MR) is 86.2 cm³/mol. The van der Waals surface area contributed by atoms with Gasteiger partial charge in [0.25, 0.3) is 0 Å². The van der Waals surface area contributed by atoms with Crippen LogP contribution in [0.3, 0.4) is 0 Å². The van der Waals surface area contributed by atoms with Gasteiger partial charge in [-0.25, -0.2) is 4.98 Å². The van der Waals surface area contributed by atoms with Crippen molar-refractivity contribution < 1.29 is 5.11 Å². The smallest absolute Gasteiger partial charge is 0.115 e. The number of aryl methyl sites for hydroxylation is 1. The van der Waals surface area contributed by atoms with E-state index in [1.54, 1.807) is 26.2 Å². The van der Waals surface area contributed by atoms with Crippen LogP contribution in [0, 0.1) is 0 Å². The number of imidazole rings is 1. The Morgan fingerprint density at radius 3 is 2.67 bits per heavy atom. The minimum absolute atomic E-state index is 0.476. The Kier molecular flexibility index (Phi) is 3.45. The number of halogens is 1. The standard InChI is InChI=1S/C15H17BrN4O/c1-4-12-19-11-7-17-10-5-9(16)6-18-13(10)14(11)20(12)8-15(2,3)21/h5-7,21H,4,8H2,1-3H3. The fourth-order valence-electron chi connectivity index (χ4n) is 2.53. The molecule has 6 heteroatoms. The molecule has 3 heterocycles. The molecule has 0 aromatic carbocycles. The molecule has 0 radical (unpaired) electrons. The Hall–Kier alpha value is -1.53. The zero-order valence-electron chi connectivity index (χ0n) is 12.3. The lowest BCUT2D eigenvalue weighted by Crippen LogP contribution is -2.27. The minimum Gasteiger partial charge on any atom is -0.389 e. The van der Waals surface area contributed by atoms with Crippen molar-refractivity contribution in [1.82, 2.24) is 19.5 Å². The summed E-state index contributed by atoms with van der Waals surface area (Å²) in [4.78, 5) is 13.5. The molecule has 0 aliphatic carbocycles. The maximum atomic E-state index is 10.2. The van der Waals surface area contributed by atoms with Gasteiger partial charge in [-0.3, -0.25) is 9.97 Å². The summed E-state index contributed by atoms with van der Waals surface area (Å²) in [5.41, 5.74) is 2.57. The average Bonchev–Trinajstić information content (AvgIpc) is 2.74. The first kappa shape index (κ1) is 14.4. The van der Waals surface area contributed by atoms with Gasteiger partial charge in [0.1, 0.15) is 16.9 Å². The van der Waals surface area contributed by atoms with E-state index in [1.807, 2.05) is 6.07 Å². The molecular formula is C15H17BrN4O. The third-order valence-corrected chi connectivity index (χ3v) is 3.75. The molecule has 0 spiro atoms. The van der Waals surface area contributed by atoms with E-state index in [4.69, 9.17) is 0 Å². The number of pyridine rings is 2. The van der Waals surface area contributed by atoms with E-state index in [2.05, 4.69) is 42.4 Å². The van der Waals surface area contributed by atoms with E-state index < -0.39 is 5.60 Å². The van der Waals surface area contributed by atoms with Crippen LogP contribution in [0.5, 0.6) is 0 Å². The van der Waals surface area contributed by atoms with Crippen LogP contribution in [0.4, 0.5) is 0 Å². The molecule has 0 bridgehead atoms. The second-order valence-electron chi connectivity index (χ2n) is 5.79. The molecule has 0 fully saturated rings. The second kappa shape index (κ2) is 5.03. The Labute approximate surface area is 131 Å². The van der Waals surface area contributed by atoms with Crippen molar-refractivity contribution in [2.45, 2.75) is 39.3 Å². The number of aliphatic hydroxyl groups is 1. The minimum atomic E-state index is -0.817. The summed E-state index contributed by atoms with van der Waals surface area (Å²) in [5, 5.41) is 10.2. The summed E-state index contributed by atoms with van der Waals surface area (Å²) in [7, 11) is 0.